The molecule has 1 aliphatic carbocycles. The van der Waals surface area contributed by atoms with Crippen molar-refractivity contribution in [3.05, 3.63) is 47.1 Å². The first kappa shape index (κ1) is 22.9. The fourth-order valence-electron chi connectivity index (χ4n) is 4.88. The van der Waals surface area contributed by atoms with Gasteiger partial charge in [0.05, 0.1) is 0 Å². The number of halogens is 1. The third-order valence-electron chi connectivity index (χ3n) is 6.55. The fourth-order valence-corrected chi connectivity index (χ4v) is 6.47. The Morgan fingerprint density at radius 2 is 1.78 bits per heavy atom. The molecule has 174 valence electrons. The number of piperazine rings is 1. The highest BCUT2D eigenvalue weighted by Gasteiger charge is 2.43. The van der Waals surface area contributed by atoms with Gasteiger partial charge in [-0.25, -0.2) is 17.5 Å². The second-order valence-electron chi connectivity index (χ2n) is 8.84. The van der Waals surface area contributed by atoms with Gasteiger partial charge in [-0.1, -0.05) is 17.3 Å². The van der Waals surface area contributed by atoms with Gasteiger partial charge in [0, 0.05) is 38.1 Å². The van der Waals surface area contributed by atoms with Crippen molar-refractivity contribution in [2.24, 2.45) is 5.92 Å². The number of hydrogen-bond acceptors (Lipinski definition) is 6. The van der Waals surface area contributed by atoms with Crippen LogP contribution in [0.2, 0.25) is 0 Å². The number of carbonyl (C=O) groups is 1. The van der Waals surface area contributed by atoms with Gasteiger partial charge in [-0.05, 0) is 57.4 Å². The van der Waals surface area contributed by atoms with Crippen LogP contribution in [0.1, 0.15) is 35.8 Å². The molecule has 1 aliphatic heterocycles. The lowest BCUT2D eigenvalue weighted by molar-refractivity contribution is -0.137. The van der Waals surface area contributed by atoms with Gasteiger partial charge in [0.15, 0.2) is 5.76 Å². The summed E-state index contributed by atoms with van der Waals surface area (Å²) in [6.45, 7) is 6.06. The molecule has 1 aromatic heterocycles. The number of rotatable bonds is 5. The first-order chi connectivity index (χ1) is 15.2. The van der Waals surface area contributed by atoms with Crippen LogP contribution in [0.5, 0.6) is 0 Å². The third kappa shape index (κ3) is 4.57. The molecule has 2 aromatic rings. The Morgan fingerprint density at radius 1 is 1.12 bits per heavy atom. The van der Waals surface area contributed by atoms with E-state index >= 15 is 0 Å². The minimum Gasteiger partial charge on any atom is -0.360 e. The molecule has 0 spiro atoms. The van der Waals surface area contributed by atoms with E-state index in [-0.39, 0.29) is 34.2 Å². The van der Waals surface area contributed by atoms with Crippen molar-refractivity contribution in [2.75, 3.05) is 33.2 Å². The fraction of sp³-hybridized carbons (Fsp3) is 0.545. The maximum Gasteiger partial charge on any atom is 0.246 e. The molecule has 4 rings (SSSR count). The average Bonchev–Trinajstić information content (AvgIpc) is 3.31. The van der Waals surface area contributed by atoms with Crippen LogP contribution in [0.15, 0.2) is 33.7 Å². The van der Waals surface area contributed by atoms with E-state index in [0.717, 1.165) is 18.7 Å². The Balaban J connectivity index is 1.58. The summed E-state index contributed by atoms with van der Waals surface area (Å²) in [5, 5.41) is 3.74. The van der Waals surface area contributed by atoms with Crippen molar-refractivity contribution in [1.29, 1.82) is 0 Å². The molecule has 2 aliphatic rings. The van der Waals surface area contributed by atoms with E-state index in [2.05, 4.69) is 14.8 Å². The monoisotopic (exact) mass is 464 g/mol. The number of carbonyl (C=O) groups excluding carboxylic acids is 1. The first-order valence-corrected chi connectivity index (χ1v) is 12.3. The smallest absolute Gasteiger partial charge is 0.246 e. The summed E-state index contributed by atoms with van der Waals surface area (Å²) >= 11 is 0. The molecule has 0 radical (unpaired) electrons. The van der Waals surface area contributed by atoms with Crippen LogP contribution in [0.3, 0.4) is 0 Å². The second kappa shape index (κ2) is 8.92. The summed E-state index contributed by atoms with van der Waals surface area (Å²) in [5.41, 5.74) is 1.14. The molecule has 0 unspecified atom stereocenters. The van der Waals surface area contributed by atoms with E-state index < -0.39 is 16.1 Å². The minimum absolute atomic E-state index is 0.0338. The lowest BCUT2D eigenvalue weighted by Crippen LogP contribution is -2.49. The highest BCUT2D eigenvalue weighted by atomic mass is 32.2. The number of likely N-dealkylation sites (N-methyl/N-ethyl adjacent to an activating group) is 1. The van der Waals surface area contributed by atoms with E-state index in [1.54, 1.807) is 26.0 Å². The highest BCUT2D eigenvalue weighted by molar-refractivity contribution is 7.89. The van der Waals surface area contributed by atoms with Crippen molar-refractivity contribution < 1.29 is 22.1 Å². The van der Waals surface area contributed by atoms with E-state index in [0.29, 0.717) is 31.6 Å². The highest BCUT2D eigenvalue weighted by Crippen LogP contribution is 2.41. The Morgan fingerprint density at radius 3 is 2.38 bits per heavy atom. The molecule has 1 amide bonds. The average molecular weight is 465 g/mol. The molecule has 32 heavy (non-hydrogen) atoms. The number of sulfonamides is 1. The maximum absolute atomic E-state index is 13.5. The summed E-state index contributed by atoms with van der Waals surface area (Å²) < 4.78 is 47.4. The summed E-state index contributed by atoms with van der Waals surface area (Å²) in [6, 6.07) is 5.72. The van der Waals surface area contributed by atoms with Gasteiger partial charge in [-0.3, -0.25) is 4.79 Å². The van der Waals surface area contributed by atoms with Gasteiger partial charge in [0.2, 0.25) is 15.9 Å². The molecule has 1 N–H and O–H groups in total. The van der Waals surface area contributed by atoms with Crippen molar-refractivity contribution in [3.63, 3.8) is 0 Å². The topological polar surface area (TPSA) is 95.8 Å². The molecular formula is C22H29FN4O4S. The van der Waals surface area contributed by atoms with Crippen LogP contribution in [-0.4, -0.2) is 68.5 Å². The van der Waals surface area contributed by atoms with Gasteiger partial charge in [-0.2, -0.15) is 0 Å². The number of hydrogen-bond donors (Lipinski definition) is 1. The Labute approximate surface area is 187 Å². The van der Waals surface area contributed by atoms with Gasteiger partial charge in [0.1, 0.15) is 16.4 Å². The summed E-state index contributed by atoms with van der Waals surface area (Å²) in [7, 11) is -1.83. The molecule has 1 saturated heterocycles. The lowest BCUT2D eigenvalue weighted by atomic mass is 9.88. The van der Waals surface area contributed by atoms with Gasteiger partial charge >= 0.3 is 0 Å². The predicted molar refractivity (Wildman–Crippen MR) is 116 cm³/mol. The van der Waals surface area contributed by atoms with Crippen LogP contribution >= 0.6 is 0 Å². The normalized spacial score (nSPS) is 24.8. The lowest BCUT2D eigenvalue weighted by Gasteiger charge is -2.35. The first-order valence-electron chi connectivity index (χ1n) is 10.8. The van der Waals surface area contributed by atoms with Crippen LogP contribution in [0.25, 0.3) is 0 Å². The van der Waals surface area contributed by atoms with Gasteiger partial charge < -0.3 is 14.3 Å². The SMILES string of the molecule is Cc1noc(C)c1S(=O)(=O)N[C@@H]1C[C@H](C(=O)N2CCN(C)CC2)[C@@H](c2ccc(F)cc2)C1. The van der Waals surface area contributed by atoms with Crippen LogP contribution in [0.4, 0.5) is 4.39 Å². The summed E-state index contributed by atoms with van der Waals surface area (Å²) in [6.07, 6.45) is 0.841. The maximum atomic E-state index is 13.5. The number of nitrogens with one attached hydrogen (secondary N) is 1. The van der Waals surface area contributed by atoms with E-state index in [4.69, 9.17) is 4.52 Å². The Kier molecular flexibility index (Phi) is 6.37. The standard InChI is InChI=1S/C22H29FN4O4S/c1-14-21(15(2)31-24-14)32(29,30)25-18-12-19(16-4-6-17(23)7-5-16)20(13-18)22(28)27-10-8-26(3)9-11-27/h4-7,18-20,25H,8-13H2,1-3H3/t18-,19+,20-/m0/s1. The van der Waals surface area contributed by atoms with Crippen molar-refractivity contribution in [3.8, 4) is 0 Å². The summed E-state index contributed by atoms with van der Waals surface area (Å²) in [4.78, 5) is 17.5. The predicted octanol–water partition coefficient (Wildman–Crippen LogP) is 2.05. The van der Waals surface area contributed by atoms with E-state index in [1.807, 2.05) is 11.9 Å². The van der Waals surface area contributed by atoms with Crippen LogP contribution in [0, 0.1) is 25.6 Å². The van der Waals surface area contributed by atoms with Crippen LogP contribution in [-0.2, 0) is 14.8 Å². The van der Waals surface area contributed by atoms with E-state index in [9.17, 15) is 17.6 Å². The molecule has 0 bridgehead atoms. The zero-order valence-corrected chi connectivity index (χ0v) is 19.4. The quantitative estimate of drug-likeness (QED) is 0.728. The minimum atomic E-state index is -3.85. The molecule has 3 atom stereocenters. The Bertz CT molecular complexity index is 1060. The largest absolute Gasteiger partial charge is 0.360 e. The Hall–Kier alpha value is -2.30. The van der Waals surface area contributed by atoms with Crippen molar-refractivity contribution >= 4 is 15.9 Å². The van der Waals surface area contributed by atoms with Gasteiger partial charge in [-0.15, -0.1) is 0 Å². The number of aromatic nitrogens is 1. The van der Waals surface area contributed by atoms with Crippen LogP contribution < -0.4 is 4.72 Å². The number of nitrogens with zero attached hydrogens (tertiary/aromatic N) is 3. The third-order valence-corrected chi connectivity index (χ3v) is 8.32. The molecular weight excluding hydrogens is 435 g/mol. The van der Waals surface area contributed by atoms with Crippen molar-refractivity contribution in [1.82, 2.24) is 19.7 Å². The molecule has 1 saturated carbocycles. The number of aryl methyl sites for hydroxylation is 2. The number of amides is 1. The molecule has 8 nitrogen and oxygen atoms in total. The number of benzene rings is 1. The molecule has 2 heterocycles. The van der Waals surface area contributed by atoms with Crippen molar-refractivity contribution in [2.45, 2.75) is 43.5 Å². The van der Waals surface area contributed by atoms with E-state index in [1.165, 1.54) is 12.1 Å². The second-order valence-corrected chi connectivity index (χ2v) is 10.5. The molecule has 1 aromatic carbocycles. The zero-order valence-electron chi connectivity index (χ0n) is 18.5. The molecule has 10 heteroatoms. The molecule has 2 fully saturated rings. The zero-order chi connectivity index (χ0) is 23.0. The summed E-state index contributed by atoms with van der Waals surface area (Å²) in [5.74, 6) is -0.648. The van der Waals surface area contributed by atoms with Gasteiger partial charge in [0.25, 0.3) is 0 Å².